The number of ether oxygens (including phenoxy) is 1. The maximum absolute atomic E-state index is 13.6. The summed E-state index contributed by atoms with van der Waals surface area (Å²) >= 11 is 0. The summed E-state index contributed by atoms with van der Waals surface area (Å²) in [7, 11) is 0. The number of carbonyl (C=O) groups excluding carboxylic acids is 1. The van der Waals surface area contributed by atoms with Crippen LogP contribution in [-0.2, 0) is 11.3 Å². The molecule has 0 atom stereocenters. The van der Waals surface area contributed by atoms with Crippen molar-refractivity contribution in [3.8, 4) is 0 Å². The molecule has 35 heavy (non-hydrogen) atoms. The number of carbonyl (C=O) groups is 1. The summed E-state index contributed by atoms with van der Waals surface area (Å²) in [5.74, 6) is 0.215. The molecule has 1 amide bonds. The van der Waals surface area contributed by atoms with Crippen molar-refractivity contribution in [1.82, 2.24) is 20.2 Å². The molecule has 9 nitrogen and oxygen atoms in total. The molecule has 3 heterocycles. The number of aromatic nitrogens is 2. The monoisotopic (exact) mass is 467 g/mol. The molecule has 2 aliphatic rings. The number of benzene rings is 3. The van der Waals surface area contributed by atoms with Crippen LogP contribution in [0.4, 0.5) is 11.4 Å². The van der Waals surface area contributed by atoms with Gasteiger partial charge in [0.15, 0.2) is 0 Å². The molecular weight excluding hydrogens is 442 g/mol. The Balaban J connectivity index is 1.37. The van der Waals surface area contributed by atoms with Crippen LogP contribution in [0.15, 0.2) is 84.0 Å². The lowest BCUT2D eigenvalue weighted by atomic mass is 10.1. The Morgan fingerprint density at radius 1 is 0.971 bits per heavy atom. The zero-order chi connectivity index (χ0) is 23.6. The van der Waals surface area contributed by atoms with Gasteiger partial charge < -0.3 is 15.1 Å². The number of rotatable bonds is 3. The molecule has 3 aromatic carbocycles. The minimum atomic E-state index is -0.317. The lowest BCUT2D eigenvalue weighted by Gasteiger charge is -2.33. The second-order valence-corrected chi connectivity index (χ2v) is 8.43. The fourth-order valence-electron chi connectivity index (χ4n) is 4.46. The van der Waals surface area contributed by atoms with E-state index in [1.165, 1.54) is 0 Å². The van der Waals surface area contributed by atoms with Crippen LogP contribution < -0.4 is 16.0 Å². The molecule has 0 bridgehead atoms. The van der Waals surface area contributed by atoms with E-state index in [1.807, 2.05) is 70.4 Å². The van der Waals surface area contributed by atoms with E-state index in [9.17, 15) is 4.79 Å². The van der Waals surface area contributed by atoms with Crippen molar-refractivity contribution in [1.29, 1.82) is 0 Å². The molecular formula is C26H25N7O2. The van der Waals surface area contributed by atoms with Crippen molar-refractivity contribution in [2.75, 3.05) is 36.7 Å². The molecule has 1 aromatic heterocycles. The predicted molar refractivity (Wildman–Crippen MR) is 135 cm³/mol. The smallest absolute Gasteiger partial charge is 0.280 e. The molecule has 176 valence electrons. The normalized spacial score (nSPS) is 15.8. The second-order valence-electron chi connectivity index (χ2n) is 8.43. The van der Waals surface area contributed by atoms with Crippen molar-refractivity contribution in [2.45, 2.75) is 6.54 Å². The van der Waals surface area contributed by atoms with Gasteiger partial charge in [-0.1, -0.05) is 48.5 Å². The number of hydrazine groups is 2. The Bertz CT molecular complexity index is 1390. The molecule has 2 N–H and O–H groups in total. The average molecular weight is 468 g/mol. The van der Waals surface area contributed by atoms with Gasteiger partial charge in [0.2, 0.25) is 5.96 Å². The fraction of sp³-hybridized carbons (Fsp3) is 0.192. The molecule has 0 radical (unpaired) electrons. The van der Waals surface area contributed by atoms with Gasteiger partial charge in [0, 0.05) is 18.5 Å². The first kappa shape index (κ1) is 21.3. The number of hydrogen-bond acceptors (Lipinski definition) is 5. The third-order valence-electron chi connectivity index (χ3n) is 6.24. The van der Waals surface area contributed by atoms with E-state index in [2.05, 4.69) is 38.1 Å². The third kappa shape index (κ3) is 4.11. The van der Waals surface area contributed by atoms with Gasteiger partial charge in [-0.3, -0.25) is 9.48 Å². The van der Waals surface area contributed by atoms with Crippen LogP contribution in [0.2, 0.25) is 0 Å². The molecule has 9 heteroatoms. The van der Waals surface area contributed by atoms with E-state index < -0.39 is 0 Å². The summed E-state index contributed by atoms with van der Waals surface area (Å²) in [4.78, 5) is 20.3. The molecule has 0 unspecified atom stereocenters. The van der Waals surface area contributed by atoms with Crippen LogP contribution in [-0.4, -0.2) is 52.9 Å². The molecule has 4 aromatic rings. The van der Waals surface area contributed by atoms with Gasteiger partial charge >= 0.3 is 0 Å². The average Bonchev–Trinajstić information content (AvgIpc) is 3.53. The van der Waals surface area contributed by atoms with Crippen molar-refractivity contribution in [2.24, 2.45) is 4.99 Å². The number of amides is 1. The van der Waals surface area contributed by atoms with E-state index >= 15 is 0 Å². The molecule has 0 spiro atoms. The zero-order valence-corrected chi connectivity index (χ0v) is 19.1. The van der Waals surface area contributed by atoms with Crippen molar-refractivity contribution < 1.29 is 9.53 Å². The van der Waals surface area contributed by atoms with Crippen molar-refractivity contribution in [3.05, 3.63) is 90.1 Å². The minimum Gasteiger partial charge on any atom is -0.378 e. The van der Waals surface area contributed by atoms with Crippen LogP contribution in [0.5, 0.6) is 0 Å². The standard InChI is InChI=1S/C26H25N7O2/c34-25(20-9-6-12-23-21(20)17-27-32(23)18-19-7-2-1-3-8-19)28-26(31-13-15-35-16-14-31)33-24-11-5-4-10-22(24)29-30-33/h1-12,17,29-30H,13-16,18H2. The Hall–Kier alpha value is -4.21. The summed E-state index contributed by atoms with van der Waals surface area (Å²) in [5, 5.41) is 7.17. The molecule has 1 fully saturated rings. The first-order chi connectivity index (χ1) is 17.3. The number of nitrogens with one attached hydrogen (secondary N) is 2. The molecule has 2 aliphatic heterocycles. The highest BCUT2D eigenvalue weighted by molar-refractivity contribution is 6.13. The second kappa shape index (κ2) is 9.21. The number of para-hydroxylation sites is 2. The fourth-order valence-corrected chi connectivity index (χ4v) is 4.46. The quantitative estimate of drug-likeness (QED) is 0.353. The van der Waals surface area contributed by atoms with Gasteiger partial charge in [-0.2, -0.15) is 10.1 Å². The highest BCUT2D eigenvalue weighted by Crippen LogP contribution is 2.29. The summed E-state index contributed by atoms with van der Waals surface area (Å²) < 4.78 is 7.45. The van der Waals surface area contributed by atoms with Crippen LogP contribution >= 0.6 is 0 Å². The SMILES string of the molecule is O=C(N=C(N1CCOCC1)N1NNc2ccccc21)c1cccc2c1cnn2Cc1ccccc1. The van der Waals surface area contributed by atoms with Crippen LogP contribution in [0.3, 0.4) is 0 Å². The first-order valence-electron chi connectivity index (χ1n) is 11.6. The number of morpholine rings is 1. The van der Waals surface area contributed by atoms with Crippen molar-refractivity contribution >= 4 is 34.1 Å². The van der Waals surface area contributed by atoms with E-state index in [1.54, 1.807) is 6.20 Å². The highest BCUT2D eigenvalue weighted by Gasteiger charge is 2.29. The Morgan fingerprint density at radius 3 is 2.63 bits per heavy atom. The van der Waals surface area contributed by atoms with Gasteiger partial charge in [0.25, 0.3) is 5.91 Å². The summed E-state index contributed by atoms with van der Waals surface area (Å²) in [6.07, 6.45) is 1.75. The Labute approximate surface area is 202 Å². The maximum atomic E-state index is 13.6. The number of hydrogen-bond donors (Lipinski definition) is 2. The van der Waals surface area contributed by atoms with Crippen LogP contribution in [0.1, 0.15) is 15.9 Å². The number of nitrogens with zero attached hydrogens (tertiary/aromatic N) is 5. The van der Waals surface area contributed by atoms with Crippen LogP contribution in [0.25, 0.3) is 10.9 Å². The van der Waals surface area contributed by atoms with E-state index in [-0.39, 0.29) is 5.91 Å². The predicted octanol–water partition coefficient (Wildman–Crippen LogP) is 3.26. The minimum absolute atomic E-state index is 0.317. The van der Waals surface area contributed by atoms with E-state index in [4.69, 9.17) is 4.74 Å². The summed E-state index contributed by atoms with van der Waals surface area (Å²) in [5.41, 5.74) is 10.7. The lowest BCUT2D eigenvalue weighted by Crippen LogP contribution is -2.53. The van der Waals surface area contributed by atoms with Gasteiger partial charge in [-0.05, 0) is 29.8 Å². The Morgan fingerprint density at radius 2 is 1.77 bits per heavy atom. The van der Waals surface area contributed by atoms with E-state index in [0.717, 1.165) is 27.8 Å². The number of aliphatic imine (C=N–C) groups is 1. The zero-order valence-electron chi connectivity index (χ0n) is 19.1. The summed E-state index contributed by atoms with van der Waals surface area (Å²) in [6, 6.07) is 23.7. The highest BCUT2D eigenvalue weighted by atomic mass is 16.5. The molecule has 1 saturated heterocycles. The van der Waals surface area contributed by atoms with E-state index in [0.29, 0.717) is 44.4 Å². The molecule has 0 aliphatic carbocycles. The van der Waals surface area contributed by atoms with Gasteiger partial charge in [0.1, 0.15) is 0 Å². The number of fused-ring (bicyclic) bond motifs is 2. The number of anilines is 2. The maximum Gasteiger partial charge on any atom is 0.280 e. The third-order valence-corrected chi connectivity index (χ3v) is 6.24. The topological polar surface area (TPSA) is 87.0 Å². The van der Waals surface area contributed by atoms with Gasteiger partial charge in [-0.15, -0.1) is 5.53 Å². The van der Waals surface area contributed by atoms with Crippen molar-refractivity contribution in [3.63, 3.8) is 0 Å². The van der Waals surface area contributed by atoms with Crippen LogP contribution in [0, 0.1) is 0 Å². The molecule has 0 saturated carbocycles. The lowest BCUT2D eigenvalue weighted by molar-refractivity contribution is 0.0667. The van der Waals surface area contributed by atoms with Gasteiger partial charge in [-0.25, -0.2) is 5.01 Å². The molecule has 6 rings (SSSR count). The largest absolute Gasteiger partial charge is 0.378 e. The number of guanidine groups is 1. The summed E-state index contributed by atoms with van der Waals surface area (Å²) in [6.45, 7) is 3.08. The Kier molecular flexibility index (Phi) is 5.61. The first-order valence-corrected chi connectivity index (χ1v) is 11.6. The van der Waals surface area contributed by atoms with Gasteiger partial charge in [0.05, 0.1) is 48.4 Å².